The fraction of sp³-hybridized carbons (Fsp3) is 0.182. The molecule has 4 aromatic rings. The second-order valence-electron chi connectivity index (χ2n) is 7.03. The first-order valence-electron chi connectivity index (χ1n) is 9.27. The minimum atomic E-state index is -0.181. The Kier molecular flexibility index (Phi) is 4.72. The maximum absolute atomic E-state index is 12.8. The smallest absolute Gasteiger partial charge is 0.259 e. The summed E-state index contributed by atoms with van der Waals surface area (Å²) in [5.74, 6) is 0.880. The summed E-state index contributed by atoms with van der Waals surface area (Å²) in [6.07, 6.45) is 1.74. The quantitative estimate of drug-likeness (QED) is 0.561. The Morgan fingerprint density at radius 3 is 2.45 bits per heavy atom. The van der Waals surface area contributed by atoms with Crippen LogP contribution in [0.3, 0.4) is 0 Å². The Bertz CT molecular complexity index is 1190. The predicted octanol–water partition coefficient (Wildman–Crippen LogP) is 4.41. The Labute approximate surface area is 168 Å². The number of benzene rings is 2. The van der Waals surface area contributed by atoms with E-state index in [9.17, 15) is 4.79 Å². The van der Waals surface area contributed by atoms with Crippen LogP contribution in [0, 0.1) is 27.7 Å². The zero-order valence-electron chi connectivity index (χ0n) is 16.7. The number of nitrogens with one attached hydrogen (secondary N) is 1. The number of carbonyl (C=O) groups is 1. The first kappa shape index (κ1) is 18.6. The number of nitrogens with zero attached hydrogens (tertiary/aromatic N) is 4. The Morgan fingerprint density at radius 1 is 1.03 bits per heavy atom. The molecule has 0 bridgehead atoms. The van der Waals surface area contributed by atoms with Crippen molar-refractivity contribution >= 4 is 11.6 Å². The van der Waals surface area contributed by atoms with Crippen LogP contribution in [0.2, 0.25) is 0 Å². The summed E-state index contributed by atoms with van der Waals surface area (Å²) in [4.78, 5) is 17.0. The van der Waals surface area contributed by atoms with Crippen molar-refractivity contribution in [3.8, 4) is 17.1 Å². The maximum Gasteiger partial charge on any atom is 0.259 e. The van der Waals surface area contributed by atoms with Crippen molar-refractivity contribution in [2.75, 3.05) is 5.32 Å². The largest absolute Gasteiger partial charge is 0.339 e. The van der Waals surface area contributed by atoms with Crippen molar-refractivity contribution in [2.45, 2.75) is 27.7 Å². The first-order chi connectivity index (χ1) is 13.9. The van der Waals surface area contributed by atoms with Crippen LogP contribution in [0.5, 0.6) is 0 Å². The summed E-state index contributed by atoms with van der Waals surface area (Å²) in [6.45, 7) is 7.58. The molecule has 1 amide bonds. The van der Waals surface area contributed by atoms with E-state index >= 15 is 0 Å². The average molecular weight is 387 g/mol. The van der Waals surface area contributed by atoms with E-state index < -0.39 is 0 Å². The van der Waals surface area contributed by atoms with Crippen LogP contribution < -0.4 is 5.32 Å². The monoisotopic (exact) mass is 387 g/mol. The molecule has 0 radical (unpaired) electrons. The Morgan fingerprint density at radius 2 is 1.79 bits per heavy atom. The molecule has 7 heteroatoms. The standard InChI is InChI=1S/C22H21N5O2/c1-13-5-10-20(14(2)11-13)24-22(28)19-12-27(25-15(19)3)18-8-6-17(7-9-18)21-23-16(4)29-26-21/h5-12H,1-4H3,(H,24,28). The third kappa shape index (κ3) is 3.80. The molecule has 2 aromatic carbocycles. The van der Waals surface area contributed by atoms with Gasteiger partial charge in [-0.3, -0.25) is 4.79 Å². The Hall–Kier alpha value is -3.74. The van der Waals surface area contributed by atoms with Gasteiger partial charge in [-0.2, -0.15) is 10.1 Å². The van der Waals surface area contributed by atoms with Gasteiger partial charge in [0.25, 0.3) is 5.91 Å². The molecule has 0 spiro atoms. The molecule has 0 atom stereocenters. The molecule has 0 saturated carbocycles. The van der Waals surface area contributed by atoms with E-state index in [1.807, 2.05) is 63.2 Å². The normalized spacial score (nSPS) is 10.9. The van der Waals surface area contributed by atoms with E-state index in [1.165, 1.54) is 0 Å². The fourth-order valence-electron chi connectivity index (χ4n) is 3.14. The second-order valence-corrected chi connectivity index (χ2v) is 7.03. The lowest BCUT2D eigenvalue weighted by atomic mass is 10.1. The van der Waals surface area contributed by atoms with Gasteiger partial charge in [0.15, 0.2) is 0 Å². The molecule has 0 aliphatic heterocycles. The molecule has 1 N–H and O–H groups in total. The van der Waals surface area contributed by atoms with E-state index in [1.54, 1.807) is 17.8 Å². The van der Waals surface area contributed by atoms with Gasteiger partial charge in [-0.05, 0) is 56.7 Å². The molecule has 0 aliphatic carbocycles. The second kappa shape index (κ2) is 7.35. The SMILES string of the molecule is Cc1ccc(NC(=O)c2cn(-c3ccc(-c4noc(C)n4)cc3)nc2C)c(C)c1. The fourth-order valence-corrected chi connectivity index (χ4v) is 3.14. The molecule has 4 rings (SSSR count). The first-order valence-corrected chi connectivity index (χ1v) is 9.27. The molecule has 0 fully saturated rings. The number of amides is 1. The summed E-state index contributed by atoms with van der Waals surface area (Å²) < 4.78 is 6.71. The van der Waals surface area contributed by atoms with E-state index in [-0.39, 0.29) is 5.91 Å². The highest BCUT2D eigenvalue weighted by Gasteiger charge is 2.15. The molecular formula is C22H21N5O2. The van der Waals surface area contributed by atoms with Gasteiger partial charge < -0.3 is 9.84 Å². The van der Waals surface area contributed by atoms with Gasteiger partial charge in [-0.25, -0.2) is 4.68 Å². The topological polar surface area (TPSA) is 85.8 Å². The van der Waals surface area contributed by atoms with E-state index in [0.29, 0.717) is 23.0 Å². The van der Waals surface area contributed by atoms with Crippen molar-refractivity contribution in [3.05, 3.63) is 76.9 Å². The Balaban J connectivity index is 1.56. The van der Waals surface area contributed by atoms with Crippen molar-refractivity contribution in [1.29, 1.82) is 0 Å². The maximum atomic E-state index is 12.8. The molecule has 2 aromatic heterocycles. The number of rotatable bonds is 4. The number of hydrogen-bond donors (Lipinski definition) is 1. The highest BCUT2D eigenvalue weighted by molar-refractivity contribution is 6.05. The molecule has 0 aliphatic rings. The predicted molar refractivity (Wildman–Crippen MR) is 110 cm³/mol. The third-order valence-corrected chi connectivity index (χ3v) is 4.69. The van der Waals surface area contributed by atoms with Crippen molar-refractivity contribution in [1.82, 2.24) is 19.9 Å². The third-order valence-electron chi connectivity index (χ3n) is 4.69. The van der Waals surface area contributed by atoms with Gasteiger partial charge in [-0.15, -0.1) is 0 Å². The van der Waals surface area contributed by atoms with Crippen LogP contribution in [0.15, 0.2) is 53.2 Å². The molecule has 29 heavy (non-hydrogen) atoms. The lowest BCUT2D eigenvalue weighted by molar-refractivity contribution is 0.102. The average Bonchev–Trinajstić information content (AvgIpc) is 3.30. The van der Waals surface area contributed by atoms with Crippen LogP contribution in [0.25, 0.3) is 17.1 Å². The van der Waals surface area contributed by atoms with Gasteiger partial charge in [0.1, 0.15) is 0 Å². The van der Waals surface area contributed by atoms with Crippen LogP contribution in [0.4, 0.5) is 5.69 Å². The summed E-state index contributed by atoms with van der Waals surface area (Å²) in [6, 6.07) is 13.5. The lowest BCUT2D eigenvalue weighted by Gasteiger charge is -2.08. The number of aromatic nitrogens is 4. The molecule has 0 unspecified atom stereocenters. The summed E-state index contributed by atoms with van der Waals surface area (Å²) in [7, 11) is 0. The molecule has 0 saturated heterocycles. The van der Waals surface area contributed by atoms with Crippen molar-refractivity contribution < 1.29 is 9.32 Å². The number of carbonyl (C=O) groups excluding carboxylic acids is 1. The molecular weight excluding hydrogens is 366 g/mol. The van der Waals surface area contributed by atoms with Gasteiger partial charge in [-0.1, -0.05) is 22.9 Å². The molecule has 2 heterocycles. The zero-order valence-corrected chi connectivity index (χ0v) is 16.7. The lowest BCUT2D eigenvalue weighted by Crippen LogP contribution is -2.13. The minimum absolute atomic E-state index is 0.181. The number of hydrogen-bond acceptors (Lipinski definition) is 5. The summed E-state index contributed by atoms with van der Waals surface area (Å²) in [5.41, 5.74) is 5.85. The van der Waals surface area contributed by atoms with Gasteiger partial charge in [0.05, 0.1) is 16.9 Å². The summed E-state index contributed by atoms with van der Waals surface area (Å²) >= 11 is 0. The minimum Gasteiger partial charge on any atom is -0.339 e. The van der Waals surface area contributed by atoms with Crippen molar-refractivity contribution in [3.63, 3.8) is 0 Å². The molecule has 7 nitrogen and oxygen atoms in total. The van der Waals surface area contributed by atoms with E-state index in [0.717, 1.165) is 28.1 Å². The number of aryl methyl sites for hydroxylation is 4. The van der Waals surface area contributed by atoms with E-state index in [2.05, 4.69) is 20.6 Å². The van der Waals surface area contributed by atoms with Crippen LogP contribution in [0.1, 0.15) is 33.1 Å². The van der Waals surface area contributed by atoms with Gasteiger partial charge in [0.2, 0.25) is 11.7 Å². The van der Waals surface area contributed by atoms with Crippen molar-refractivity contribution in [2.24, 2.45) is 0 Å². The highest BCUT2D eigenvalue weighted by Crippen LogP contribution is 2.21. The van der Waals surface area contributed by atoms with Crippen LogP contribution in [-0.4, -0.2) is 25.8 Å². The van der Waals surface area contributed by atoms with E-state index in [4.69, 9.17) is 4.52 Å². The van der Waals surface area contributed by atoms with Crippen LogP contribution >= 0.6 is 0 Å². The van der Waals surface area contributed by atoms with Gasteiger partial charge in [0, 0.05) is 24.4 Å². The molecule has 146 valence electrons. The zero-order chi connectivity index (χ0) is 20.5. The number of anilines is 1. The highest BCUT2D eigenvalue weighted by atomic mass is 16.5. The summed E-state index contributed by atoms with van der Waals surface area (Å²) in [5, 5.41) is 11.4. The van der Waals surface area contributed by atoms with Gasteiger partial charge >= 0.3 is 0 Å². The van der Waals surface area contributed by atoms with Crippen LogP contribution in [-0.2, 0) is 0 Å².